The lowest BCUT2D eigenvalue weighted by atomic mass is 9.98. The predicted molar refractivity (Wildman–Crippen MR) is 97.0 cm³/mol. The number of aliphatic hydroxyl groups is 13. The van der Waals surface area contributed by atoms with E-state index < -0.39 is 100 Å². The Hall–Kier alpha value is -0.600. The van der Waals surface area contributed by atoms with Crippen molar-refractivity contribution in [2.45, 2.75) is 67.3 Å². The van der Waals surface area contributed by atoms with Gasteiger partial charge < -0.3 is 75.9 Å². The molecule has 0 amide bonds. The lowest BCUT2D eigenvalue weighted by Gasteiger charge is -2.42. The van der Waals surface area contributed by atoms with Crippen molar-refractivity contribution in [1.82, 2.24) is 0 Å². The highest BCUT2D eigenvalue weighted by molar-refractivity contribution is 4.91. The molecule has 15 nitrogen and oxygen atoms in total. The third kappa shape index (κ3) is 9.04. The summed E-state index contributed by atoms with van der Waals surface area (Å²) < 4.78 is 10.1. The van der Waals surface area contributed by atoms with E-state index >= 15 is 0 Å². The summed E-state index contributed by atoms with van der Waals surface area (Å²) in [5.41, 5.74) is 0. The SMILES string of the molecule is OCC(O)C(O)CO.OC[C@@H](O)[C@@H](O[C@H]1O[C@H](CO)[C@@H](O)[C@H](O)[C@H]1O)[C@H](O)[C@@H](O)CO. The summed E-state index contributed by atoms with van der Waals surface area (Å²) in [7, 11) is 0. The normalized spacial score (nSPS) is 32.2. The van der Waals surface area contributed by atoms with Gasteiger partial charge in [0.25, 0.3) is 0 Å². The van der Waals surface area contributed by atoms with E-state index in [1.165, 1.54) is 0 Å². The first-order chi connectivity index (χ1) is 14.5. The summed E-state index contributed by atoms with van der Waals surface area (Å²) in [6.45, 7) is -3.51. The zero-order chi connectivity index (χ0) is 24.3. The molecule has 0 aromatic heterocycles. The van der Waals surface area contributed by atoms with E-state index in [1.807, 2.05) is 0 Å². The fraction of sp³-hybridized carbons (Fsp3) is 1.00. The molecule has 1 rings (SSSR count). The second-order valence-electron chi connectivity index (χ2n) is 6.79. The predicted octanol–water partition coefficient (Wildman–Crippen LogP) is -8.07. The van der Waals surface area contributed by atoms with E-state index in [2.05, 4.69) is 0 Å². The van der Waals surface area contributed by atoms with Crippen LogP contribution in [0.5, 0.6) is 0 Å². The maximum Gasteiger partial charge on any atom is 0.187 e. The molecule has 0 aliphatic carbocycles. The van der Waals surface area contributed by atoms with E-state index in [0.717, 1.165) is 0 Å². The Balaban J connectivity index is 0.000000954. The van der Waals surface area contributed by atoms with Crippen molar-refractivity contribution in [2.24, 2.45) is 0 Å². The minimum absolute atomic E-state index is 0.526. The molecule has 2 unspecified atom stereocenters. The van der Waals surface area contributed by atoms with E-state index in [-0.39, 0.29) is 0 Å². The zero-order valence-corrected chi connectivity index (χ0v) is 16.5. The molecule has 188 valence electrons. The van der Waals surface area contributed by atoms with Gasteiger partial charge in [0.05, 0.1) is 33.0 Å². The highest BCUT2D eigenvalue weighted by Crippen LogP contribution is 2.24. The van der Waals surface area contributed by atoms with Crippen LogP contribution in [0.4, 0.5) is 0 Å². The lowest BCUT2D eigenvalue weighted by Crippen LogP contribution is -2.61. The van der Waals surface area contributed by atoms with Crippen LogP contribution in [-0.2, 0) is 9.47 Å². The molecule has 13 N–H and O–H groups in total. The standard InChI is InChI=1S/C12H24O11.C4H10O4/c13-1-4(16)7(18)11(5(17)2-14)23-12-10(21)9(20)8(19)6(3-15)22-12;5-1-3(7)4(8)2-6/h4-21H,1-3H2;3-8H,1-2H2/t4-,5+,6+,7+,8+,9-,10+,11+,12+;/m0./s1. The van der Waals surface area contributed by atoms with E-state index in [0.29, 0.717) is 0 Å². The molecule has 11 atom stereocenters. The number of hydrogen-bond donors (Lipinski definition) is 13. The van der Waals surface area contributed by atoms with Crippen LogP contribution in [0.3, 0.4) is 0 Å². The van der Waals surface area contributed by atoms with Crippen molar-refractivity contribution in [2.75, 3.05) is 33.0 Å². The van der Waals surface area contributed by atoms with Gasteiger partial charge in [0, 0.05) is 0 Å². The molecule has 0 bridgehead atoms. The Labute approximate surface area is 177 Å². The van der Waals surface area contributed by atoms with Crippen LogP contribution < -0.4 is 0 Å². The second kappa shape index (κ2) is 15.3. The highest BCUT2D eigenvalue weighted by atomic mass is 16.7. The van der Waals surface area contributed by atoms with Gasteiger partial charge in [0.2, 0.25) is 0 Å². The highest BCUT2D eigenvalue weighted by Gasteiger charge is 2.46. The summed E-state index contributed by atoms with van der Waals surface area (Å²) in [5.74, 6) is 0. The van der Waals surface area contributed by atoms with Gasteiger partial charge in [-0.05, 0) is 0 Å². The van der Waals surface area contributed by atoms with Gasteiger partial charge in [-0.15, -0.1) is 0 Å². The molecule has 0 spiro atoms. The van der Waals surface area contributed by atoms with Crippen LogP contribution in [0.15, 0.2) is 0 Å². The van der Waals surface area contributed by atoms with Crippen molar-refractivity contribution in [3.8, 4) is 0 Å². The van der Waals surface area contributed by atoms with Crippen LogP contribution in [0.25, 0.3) is 0 Å². The van der Waals surface area contributed by atoms with Crippen molar-refractivity contribution < 1.29 is 75.9 Å². The van der Waals surface area contributed by atoms with Crippen LogP contribution in [0.2, 0.25) is 0 Å². The van der Waals surface area contributed by atoms with Crippen molar-refractivity contribution in [3.63, 3.8) is 0 Å². The third-order valence-corrected chi connectivity index (χ3v) is 4.44. The molecule has 1 aliphatic rings. The molecule has 0 saturated carbocycles. The Morgan fingerprint density at radius 2 is 1.06 bits per heavy atom. The summed E-state index contributed by atoms with van der Waals surface area (Å²) >= 11 is 0. The monoisotopic (exact) mass is 466 g/mol. The topological polar surface area (TPSA) is 281 Å². The first kappa shape index (κ1) is 30.4. The average molecular weight is 466 g/mol. The van der Waals surface area contributed by atoms with Crippen LogP contribution in [-0.4, -0.2) is 167 Å². The molecule has 0 aromatic rings. The fourth-order valence-corrected chi connectivity index (χ4v) is 2.41. The number of rotatable bonds is 11. The Bertz CT molecular complexity index is 447. The van der Waals surface area contributed by atoms with Gasteiger partial charge in [-0.1, -0.05) is 0 Å². The zero-order valence-electron chi connectivity index (χ0n) is 16.5. The summed E-state index contributed by atoms with van der Waals surface area (Å²) in [4.78, 5) is 0. The number of hydrogen-bond acceptors (Lipinski definition) is 15. The molecule has 0 radical (unpaired) electrons. The number of ether oxygens (including phenoxy) is 2. The molecular formula is C16H34O15. The summed E-state index contributed by atoms with van der Waals surface area (Å²) in [5, 5.41) is 118. The van der Waals surface area contributed by atoms with Gasteiger partial charge >= 0.3 is 0 Å². The van der Waals surface area contributed by atoms with Gasteiger partial charge in [0.1, 0.15) is 61.0 Å². The largest absolute Gasteiger partial charge is 0.394 e. The van der Waals surface area contributed by atoms with Gasteiger partial charge in [-0.2, -0.15) is 0 Å². The molecule has 1 aliphatic heterocycles. The molecular weight excluding hydrogens is 432 g/mol. The van der Waals surface area contributed by atoms with Crippen LogP contribution >= 0.6 is 0 Å². The molecule has 1 heterocycles. The van der Waals surface area contributed by atoms with E-state index in [4.69, 9.17) is 45.2 Å². The molecule has 15 heteroatoms. The fourth-order valence-electron chi connectivity index (χ4n) is 2.41. The van der Waals surface area contributed by atoms with Crippen molar-refractivity contribution >= 4 is 0 Å². The summed E-state index contributed by atoms with van der Waals surface area (Å²) in [6, 6.07) is 0. The maximum atomic E-state index is 9.83. The van der Waals surface area contributed by atoms with Gasteiger partial charge in [0.15, 0.2) is 6.29 Å². The van der Waals surface area contributed by atoms with Crippen molar-refractivity contribution in [1.29, 1.82) is 0 Å². The molecule has 1 fully saturated rings. The van der Waals surface area contributed by atoms with Crippen LogP contribution in [0, 0.1) is 0 Å². The Morgan fingerprint density at radius 1 is 0.613 bits per heavy atom. The van der Waals surface area contributed by atoms with Crippen molar-refractivity contribution in [3.05, 3.63) is 0 Å². The second-order valence-corrected chi connectivity index (χ2v) is 6.79. The number of aliphatic hydroxyl groups excluding tert-OH is 13. The van der Waals surface area contributed by atoms with E-state index in [9.17, 15) is 30.6 Å². The van der Waals surface area contributed by atoms with Gasteiger partial charge in [-0.3, -0.25) is 0 Å². The molecule has 31 heavy (non-hydrogen) atoms. The summed E-state index contributed by atoms with van der Waals surface area (Å²) in [6.07, 6.45) is -17.5. The Kier molecular flexibility index (Phi) is 15.0. The quantitative estimate of drug-likeness (QED) is 0.135. The molecule has 0 aromatic carbocycles. The smallest absolute Gasteiger partial charge is 0.187 e. The minimum atomic E-state index is -1.85. The van der Waals surface area contributed by atoms with Crippen LogP contribution in [0.1, 0.15) is 0 Å². The Morgan fingerprint density at radius 3 is 1.45 bits per heavy atom. The van der Waals surface area contributed by atoms with E-state index in [1.54, 1.807) is 0 Å². The lowest BCUT2D eigenvalue weighted by molar-refractivity contribution is -0.327. The minimum Gasteiger partial charge on any atom is -0.394 e. The molecule has 1 saturated heterocycles. The third-order valence-electron chi connectivity index (χ3n) is 4.44. The van der Waals surface area contributed by atoms with Gasteiger partial charge in [-0.25, -0.2) is 0 Å². The average Bonchev–Trinajstić information content (AvgIpc) is 2.79. The first-order valence-corrected chi connectivity index (χ1v) is 9.30. The maximum absolute atomic E-state index is 9.83. The first-order valence-electron chi connectivity index (χ1n) is 9.30.